The average molecular weight is 321 g/mol. The maximum atomic E-state index is 10.4. The first kappa shape index (κ1) is 15.6. The first-order valence-corrected chi connectivity index (χ1v) is 8.19. The molecule has 1 aromatic carbocycles. The van der Waals surface area contributed by atoms with Crippen LogP contribution in [0.5, 0.6) is 5.75 Å². The lowest BCUT2D eigenvalue weighted by Gasteiger charge is -2.05. The van der Waals surface area contributed by atoms with E-state index < -0.39 is 5.97 Å². The molecule has 0 aliphatic carbocycles. The van der Waals surface area contributed by atoms with Gasteiger partial charge in [-0.2, -0.15) is 0 Å². The minimum absolute atomic E-state index is 0.605. The molecule has 0 unspecified atom stereocenters. The van der Waals surface area contributed by atoms with Crippen molar-refractivity contribution < 1.29 is 14.6 Å². The monoisotopic (exact) mass is 321 g/mol. The number of rotatable bonds is 7. The van der Waals surface area contributed by atoms with Gasteiger partial charge in [0.05, 0.1) is 6.61 Å². The van der Waals surface area contributed by atoms with Crippen molar-refractivity contribution >= 4 is 35.1 Å². The van der Waals surface area contributed by atoms with Crippen LogP contribution in [0.2, 0.25) is 0 Å². The van der Waals surface area contributed by atoms with E-state index in [1.165, 1.54) is 0 Å². The van der Waals surface area contributed by atoms with Crippen molar-refractivity contribution in [1.29, 1.82) is 0 Å². The van der Waals surface area contributed by atoms with Gasteiger partial charge < -0.3 is 9.84 Å². The highest BCUT2D eigenvalue weighted by Gasteiger charge is 2.00. The number of hydrogen-bond acceptors (Lipinski definition) is 5. The maximum absolute atomic E-state index is 10.4. The van der Waals surface area contributed by atoms with Crippen molar-refractivity contribution in [3.63, 3.8) is 0 Å². The number of hydrogen-bond donors (Lipinski definition) is 1. The molecule has 110 valence electrons. The summed E-state index contributed by atoms with van der Waals surface area (Å²) >= 11 is 3.33. The van der Waals surface area contributed by atoms with Crippen molar-refractivity contribution in [2.24, 2.45) is 0 Å². The molecule has 0 saturated carbocycles. The molecule has 0 amide bonds. The Morgan fingerprint density at radius 3 is 2.81 bits per heavy atom. The summed E-state index contributed by atoms with van der Waals surface area (Å²) in [5.41, 5.74) is 1.88. The van der Waals surface area contributed by atoms with Crippen LogP contribution in [0.3, 0.4) is 0 Å². The molecule has 0 aliphatic heterocycles. The van der Waals surface area contributed by atoms with Crippen LogP contribution < -0.4 is 4.74 Å². The molecule has 21 heavy (non-hydrogen) atoms. The third-order valence-electron chi connectivity index (χ3n) is 2.47. The van der Waals surface area contributed by atoms with Crippen LogP contribution in [0.1, 0.15) is 11.3 Å². The molecule has 0 spiro atoms. The van der Waals surface area contributed by atoms with Gasteiger partial charge in [0.25, 0.3) is 0 Å². The fourth-order valence-electron chi connectivity index (χ4n) is 1.53. The zero-order valence-corrected chi connectivity index (χ0v) is 13.1. The zero-order valence-electron chi connectivity index (χ0n) is 11.5. The van der Waals surface area contributed by atoms with Crippen molar-refractivity contribution in [1.82, 2.24) is 4.98 Å². The quantitative estimate of drug-likeness (QED) is 0.478. The van der Waals surface area contributed by atoms with E-state index in [0.717, 1.165) is 33.2 Å². The standard InChI is InChI=1S/C15H15NO3S2/c1-11-10-21-15(16-11)20-9-8-19-13-5-2-12(3-6-13)4-7-14(17)18/h2-7,10H,8-9H2,1H3,(H,17,18). The molecule has 0 atom stereocenters. The van der Waals surface area contributed by atoms with E-state index in [1.54, 1.807) is 29.2 Å². The summed E-state index contributed by atoms with van der Waals surface area (Å²) in [6.07, 6.45) is 2.66. The number of carboxylic acids is 1. The van der Waals surface area contributed by atoms with Gasteiger partial charge in [0.2, 0.25) is 0 Å². The molecule has 2 rings (SSSR count). The molecule has 0 bridgehead atoms. The molecule has 4 nitrogen and oxygen atoms in total. The normalized spacial score (nSPS) is 10.9. The Labute approximate surface area is 131 Å². The molecule has 6 heteroatoms. The summed E-state index contributed by atoms with van der Waals surface area (Å²) in [4.78, 5) is 14.8. The molecule has 1 heterocycles. The smallest absolute Gasteiger partial charge is 0.328 e. The number of thioether (sulfide) groups is 1. The molecule has 0 saturated heterocycles. The average Bonchev–Trinajstić information content (AvgIpc) is 2.88. The summed E-state index contributed by atoms with van der Waals surface area (Å²) < 4.78 is 6.69. The predicted molar refractivity (Wildman–Crippen MR) is 86.2 cm³/mol. The van der Waals surface area contributed by atoms with Crippen LogP contribution in [-0.4, -0.2) is 28.4 Å². The SMILES string of the molecule is Cc1csc(SCCOc2ccc(C=CC(=O)O)cc2)n1. The van der Waals surface area contributed by atoms with Gasteiger partial charge in [-0.25, -0.2) is 9.78 Å². The number of aromatic nitrogens is 1. The molecule has 0 fully saturated rings. The van der Waals surface area contributed by atoms with Crippen molar-refractivity contribution in [3.8, 4) is 5.75 Å². The highest BCUT2D eigenvalue weighted by Crippen LogP contribution is 2.22. The second-order valence-corrected chi connectivity index (χ2v) is 6.39. The van der Waals surface area contributed by atoms with E-state index in [9.17, 15) is 4.79 Å². The molecule has 2 aromatic rings. The predicted octanol–water partition coefficient (Wildman–Crippen LogP) is 3.72. The van der Waals surface area contributed by atoms with E-state index in [-0.39, 0.29) is 0 Å². The number of carboxylic acid groups (broad SMARTS) is 1. The number of carbonyl (C=O) groups is 1. The number of benzene rings is 1. The minimum Gasteiger partial charge on any atom is -0.493 e. The molecule has 0 radical (unpaired) electrons. The van der Waals surface area contributed by atoms with Crippen LogP contribution in [0.4, 0.5) is 0 Å². The first-order chi connectivity index (χ1) is 10.1. The molecule has 0 aliphatic rings. The second-order valence-electron chi connectivity index (χ2n) is 4.19. The van der Waals surface area contributed by atoms with Crippen molar-refractivity contribution in [3.05, 3.63) is 47.0 Å². The Bertz CT molecular complexity index is 620. The van der Waals surface area contributed by atoms with Crippen molar-refractivity contribution in [2.45, 2.75) is 11.3 Å². The Hall–Kier alpha value is -1.79. The van der Waals surface area contributed by atoms with Gasteiger partial charge in [0, 0.05) is 22.9 Å². The second kappa shape index (κ2) is 7.85. The van der Waals surface area contributed by atoms with Gasteiger partial charge in [-0.05, 0) is 30.7 Å². The lowest BCUT2D eigenvalue weighted by Crippen LogP contribution is -1.99. The van der Waals surface area contributed by atoms with Gasteiger partial charge >= 0.3 is 5.97 Å². The Morgan fingerprint density at radius 1 is 1.43 bits per heavy atom. The van der Waals surface area contributed by atoms with Crippen LogP contribution in [-0.2, 0) is 4.79 Å². The van der Waals surface area contributed by atoms with E-state index >= 15 is 0 Å². The number of nitrogens with zero attached hydrogens (tertiary/aromatic N) is 1. The van der Waals surface area contributed by atoms with Gasteiger partial charge in [-0.15, -0.1) is 11.3 Å². The maximum Gasteiger partial charge on any atom is 0.328 e. The Morgan fingerprint density at radius 2 is 2.19 bits per heavy atom. The molecular formula is C15H15NO3S2. The summed E-state index contributed by atoms with van der Waals surface area (Å²) in [5.74, 6) is 0.663. The summed E-state index contributed by atoms with van der Waals surface area (Å²) in [6, 6.07) is 7.32. The molecular weight excluding hydrogens is 306 g/mol. The summed E-state index contributed by atoms with van der Waals surface area (Å²) in [7, 11) is 0. The lowest BCUT2D eigenvalue weighted by molar-refractivity contribution is -0.131. The van der Waals surface area contributed by atoms with E-state index in [2.05, 4.69) is 4.98 Å². The largest absolute Gasteiger partial charge is 0.493 e. The Balaban J connectivity index is 1.74. The highest BCUT2D eigenvalue weighted by molar-refractivity contribution is 8.01. The third kappa shape index (κ3) is 5.61. The van der Waals surface area contributed by atoms with Crippen LogP contribution in [0, 0.1) is 6.92 Å². The van der Waals surface area contributed by atoms with Crippen LogP contribution >= 0.6 is 23.1 Å². The molecule has 1 N–H and O–H groups in total. The highest BCUT2D eigenvalue weighted by atomic mass is 32.2. The Kier molecular flexibility index (Phi) is 5.83. The summed E-state index contributed by atoms with van der Waals surface area (Å²) in [5, 5.41) is 10.6. The van der Waals surface area contributed by atoms with E-state index in [4.69, 9.17) is 9.84 Å². The topological polar surface area (TPSA) is 59.4 Å². The minimum atomic E-state index is -0.954. The first-order valence-electron chi connectivity index (χ1n) is 6.32. The lowest BCUT2D eigenvalue weighted by atomic mass is 10.2. The fourth-order valence-corrected chi connectivity index (χ4v) is 3.27. The third-order valence-corrected chi connectivity index (χ3v) is 4.58. The van der Waals surface area contributed by atoms with Gasteiger partial charge in [0.1, 0.15) is 10.1 Å². The number of ether oxygens (including phenoxy) is 1. The van der Waals surface area contributed by atoms with E-state index in [1.807, 2.05) is 36.6 Å². The number of aryl methyl sites for hydroxylation is 1. The van der Waals surface area contributed by atoms with Gasteiger partial charge in [-0.1, -0.05) is 23.9 Å². The zero-order chi connectivity index (χ0) is 15.1. The fraction of sp³-hybridized carbons (Fsp3) is 0.200. The van der Waals surface area contributed by atoms with E-state index in [0.29, 0.717) is 6.61 Å². The van der Waals surface area contributed by atoms with Crippen LogP contribution in [0.25, 0.3) is 6.08 Å². The number of aliphatic carboxylic acids is 1. The van der Waals surface area contributed by atoms with Gasteiger partial charge in [-0.3, -0.25) is 0 Å². The van der Waals surface area contributed by atoms with Gasteiger partial charge in [0.15, 0.2) is 0 Å². The number of thiazole rings is 1. The molecule has 1 aromatic heterocycles. The van der Waals surface area contributed by atoms with Crippen LogP contribution in [0.15, 0.2) is 40.1 Å². The summed E-state index contributed by atoms with van der Waals surface area (Å²) in [6.45, 7) is 2.59. The van der Waals surface area contributed by atoms with Crippen molar-refractivity contribution in [2.75, 3.05) is 12.4 Å².